The Morgan fingerprint density at radius 1 is 1.00 bits per heavy atom. The van der Waals surface area contributed by atoms with Crippen LogP contribution in [-0.2, 0) is 19.6 Å². The Kier molecular flexibility index (Phi) is 9.21. The number of benzene rings is 2. The summed E-state index contributed by atoms with van der Waals surface area (Å²) < 4.78 is 36.2. The van der Waals surface area contributed by atoms with Crippen LogP contribution in [0.15, 0.2) is 47.4 Å². The van der Waals surface area contributed by atoms with E-state index in [4.69, 9.17) is 21.1 Å². The van der Waals surface area contributed by atoms with E-state index in [9.17, 15) is 22.8 Å². The van der Waals surface area contributed by atoms with Gasteiger partial charge in [-0.05, 0) is 42.5 Å². The third kappa shape index (κ3) is 6.67. The lowest BCUT2D eigenvalue weighted by Gasteiger charge is -2.18. The second-order valence-corrected chi connectivity index (χ2v) is 8.91. The molecule has 0 heterocycles. The Labute approximate surface area is 196 Å². The molecule has 2 aromatic carbocycles. The van der Waals surface area contributed by atoms with E-state index in [1.54, 1.807) is 19.9 Å². The summed E-state index contributed by atoms with van der Waals surface area (Å²) in [5, 5.41) is 0.303. The van der Waals surface area contributed by atoms with Crippen LogP contribution >= 0.6 is 11.6 Å². The Hall–Kier alpha value is -3.15. The van der Waals surface area contributed by atoms with E-state index >= 15 is 0 Å². The van der Waals surface area contributed by atoms with Crippen LogP contribution in [0.2, 0.25) is 5.02 Å². The summed E-state index contributed by atoms with van der Waals surface area (Å²) in [6.45, 7) is 3.42. The highest BCUT2D eigenvalue weighted by Crippen LogP contribution is 2.22. The zero-order valence-corrected chi connectivity index (χ0v) is 19.8. The lowest BCUT2D eigenvalue weighted by Crippen LogP contribution is -2.43. The van der Waals surface area contributed by atoms with Gasteiger partial charge in [0.25, 0.3) is 11.8 Å². The van der Waals surface area contributed by atoms with Crippen molar-refractivity contribution in [2.24, 2.45) is 0 Å². The molecule has 0 fully saturated rings. The van der Waals surface area contributed by atoms with E-state index in [2.05, 4.69) is 10.9 Å². The molecule has 2 rings (SSSR count). The van der Waals surface area contributed by atoms with Crippen LogP contribution in [0.3, 0.4) is 0 Å². The molecule has 178 valence electrons. The Morgan fingerprint density at radius 3 is 2.21 bits per heavy atom. The summed E-state index contributed by atoms with van der Waals surface area (Å²) in [6, 6.07) is 9.59. The van der Waals surface area contributed by atoms with Gasteiger partial charge in [0.15, 0.2) is 6.61 Å². The largest absolute Gasteiger partial charge is 0.496 e. The minimum Gasteiger partial charge on any atom is -0.496 e. The van der Waals surface area contributed by atoms with Crippen molar-refractivity contribution >= 4 is 39.4 Å². The molecule has 0 radical (unpaired) electrons. The van der Waals surface area contributed by atoms with Gasteiger partial charge in [0, 0.05) is 18.1 Å². The van der Waals surface area contributed by atoms with Gasteiger partial charge < -0.3 is 9.47 Å². The number of halogens is 1. The smallest absolute Gasteiger partial charge is 0.338 e. The molecule has 0 aliphatic rings. The molecule has 0 saturated carbocycles. The Bertz CT molecular complexity index is 1120. The van der Waals surface area contributed by atoms with E-state index in [0.29, 0.717) is 18.1 Å². The third-order valence-electron chi connectivity index (χ3n) is 4.49. The van der Waals surface area contributed by atoms with Gasteiger partial charge in [0.05, 0.1) is 23.1 Å². The number of ether oxygens (including phenoxy) is 2. The van der Waals surface area contributed by atoms with Crippen molar-refractivity contribution in [3.63, 3.8) is 0 Å². The number of amides is 2. The van der Waals surface area contributed by atoms with Gasteiger partial charge in [0.2, 0.25) is 10.0 Å². The van der Waals surface area contributed by atoms with Crippen LogP contribution in [0.4, 0.5) is 0 Å². The van der Waals surface area contributed by atoms with E-state index < -0.39 is 34.4 Å². The summed E-state index contributed by atoms with van der Waals surface area (Å²) in [6.07, 6.45) is 0. The number of nitrogens with zero attached hydrogens (tertiary/aromatic N) is 1. The predicted molar refractivity (Wildman–Crippen MR) is 120 cm³/mol. The van der Waals surface area contributed by atoms with Crippen LogP contribution in [0.5, 0.6) is 5.75 Å². The number of hydrogen-bond donors (Lipinski definition) is 2. The summed E-state index contributed by atoms with van der Waals surface area (Å²) in [5.74, 6) is -2.05. The van der Waals surface area contributed by atoms with Crippen molar-refractivity contribution < 1.29 is 32.3 Å². The summed E-state index contributed by atoms with van der Waals surface area (Å²) >= 11 is 5.87. The number of carbonyl (C=O) groups is 3. The first kappa shape index (κ1) is 26.1. The first-order valence-electron chi connectivity index (χ1n) is 9.84. The molecule has 0 bridgehead atoms. The minimum atomic E-state index is -3.66. The van der Waals surface area contributed by atoms with Gasteiger partial charge in [-0.1, -0.05) is 25.4 Å². The zero-order valence-electron chi connectivity index (χ0n) is 18.3. The molecule has 0 saturated heterocycles. The van der Waals surface area contributed by atoms with Crippen molar-refractivity contribution in [3.8, 4) is 5.75 Å². The average molecular weight is 498 g/mol. The quantitative estimate of drug-likeness (QED) is 0.400. The van der Waals surface area contributed by atoms with Crippen molar-refractivity contribution in [3.05, 3.63) is 58.6 Å². The van der Waals surface area contributed by atoms with Crippen LogP contribution in [-0.4, -0.2) is 57.3 Å². The minimum absolute atomic E-state index is 0.0413. The number of methoxy groups -OCH3 is 1. The lowest BCUT2D eigenvalue weighted by molar-refractivity contribution is -0.125. The maximum Gasteiger partial charge on any atom is 0.338 e. The fraction of sp³-hybridized carbons (Fsp3) is 0.286. The number of esters is 1. The normalized spacial score (nSPS) is 11.1. The molecular weight excluding hydrogens is 474 g/mol. The number of hydrazine groups is 1. The number of carbonyl (C=O) groups excluding carboxylic acids is 3. The fourth-order valence-electron chi connectivity index (χ4n) is 2.78. The monoisotopic (exact) mass is 497 g/mol. The molecule has 10 nitrogen and oxygen atoms in total. The van der Waals surface area contributed by atoms with Gasteiger partial charge in [0.1, 0.15) is 5.75 Å². The van der Waals surface area contributed by atoms with Gasteiger partial charge in [-0.2, -0.15) is 4.31 Å². The summed E-state index contributed by atoms with van der Waals surface area (Å²) in [5.41, 5.74) is 4.45. The fourth-order valence-corrected chi connectivity index (χ4v) is 4.41. The van der Waals surface area contributed by atoms with Crippen LogP contribution in [0.1, 0.15) is 34.6 Å². The summed E-state index contributed by atoms with van der Waals surface area (Å²) in [7, 11) is -2.28. The van der Waals surface area contributed by atoms with Crippen molar-refractivity contribution in [2.45, 2.75) is 18.7 Å². The lowest BCUT2D eigenvalue weighted by atomic mass is 10.2. The van der Waals surface area contributed by atoms with Crippen molar-refractivity contribution in [1.82, 2.24) is 15.2 Å². The molecule has 0 aromatic heterocycles. The predicted octanol–water partition coefficient (Wildman–Crippen LogP) is 2.00. The highest BCUT2D eigenvalue weighted by atomic mass is 35.5. The second kappa shape index (κ2) is 11.6. The maximum absolute atomic E-state index is 12.5. The van der Waals surface area contributed by atoms with E-state index in [1.807, 2.05) is 0 Å². The molecule has 0 spiro atoms. The molecule has 2 amide bonds. The number of rotatable bonds is 9. The van der Waals surface area contributed by atoms with Gasteiger partial charge in [-0.25, -0.2) is 13.2 Å². The third-order valence-corrected chi connectivity index (χ3v) is 6.79. The second-order valence-electron chi connectivity index (χ2n) is 6.54. The first-order chi connectivity index (χ1) is 15.6. The van der Waals surface area contributed by atoms with Crippen LogP contribution < -0.4 is 15.6 Å². The molecule has 0 aliphatic carbocycles. The maximum atomic E-state index is 12.5. The number of hydrogen-bond acceptors (Lipinski definition) is 7. The molecule has 2 N–H and O–H groups in total. The van der Waals surface area contributed by atoms with E-state index in [1.165, 1.54) is 47.8 Å². The Balaban J connectivity index is 1.91. The van der Waals surface area contributed by atoms with E-state index in [0.717, 1.165) is 0 Å². The summed E-state index contributed by atoms with van der Waals surface area (Å²) in [4.78, 5) is 36.3. The van der Waals surface area contributed by atoms with Crippen molar-refractivity contribution in [2.75, 3.05) is 26.8 Å². The molecule has 0 unspecified atom stereocenters. The topological polar surface area (TPSA) is 131 Å². The first-order valence-corrected chi connectivity index (χ1v) is 11.7. The van der Waals surface area contributed by atoms with Gasteiger partial charge in [-0.15, -0.1) is 0 Å². The van der Waals surface area contributed by atoms with Crippen molar-refractivity contribution in [1.29, 1.82) is 0 Å². The molecule has 0 atom stereocenters. The molecule has 33 heavy (non-hydrogen) atoms. The number of sulfonamides is 1. The molecule has 0 aliphatic heterocycles. The average Bonchev–Trinajstić information content (AvgIpc) is 2.81. The molecule has 12 heteroatoms. The van der Waals surface area contributed by atoms with Crippen LogP contribution in [0, 0.1) is 0 Å². The molecule has 2 aromatic rings. The van der Waals surface area contributed by atoms with Gasteiger partial charge in [-0.3, -0.25) is 20.4 Å². The standard InChI is InChI=1S/C21H24ClN3O7S/c1-4-25(5-2)33(29,30)16-9-6-14(7-10-16)21(28)32-13-19(26)23-24-20(27)17-12-15(22)8-11-18(17)31-3/h6-12H,4-5,13H2,1-3H3,(H,23,26)(H,24,27). The Morgan fingerprint density at radius 2 is 1.64 bits per heavy atom. The SMILES string of the molecule is CCN(CC)S(=O)(=O)c1ccc(C(=O)OCC(=O)NNC(=O)c2cc(Cl)ccc2OC)cc1. The number of nitrogens with one attached hydrogen (secondary N) is 2. The van der Waals surface area contributed by atoms with Crippen LogP contribution in [0.25, 0.3) is 0 Å². The molecular formula is C21H24ClN3O7S. The van der Waals surface area contributed by atoms with Gasteiger partial charge >= 0.3 is 5.97 Å². The highest BCUT2D eigenvalue weighted by molar-refractivity contribution is 7.89. The zero-order chi connectivity index (χ0) is 24.6. The van der Waals surface area contributed by atoms with E-state index in [-0.39, 0.29) is 21.8 Å². The highest BCUT2D eigenvalue weighted by Gasteiger charge is 2.22.